The normalized spacial score (nSPS) is 11.4. The minimum absolute atomic E-state index is 0.0662. The van der Waals surface area contributed by atoms with Crippen LogP contribution in [0.25, 0.3) is 0 Å². The first-order valence-electron chi connectivity index (χ1n) is 7.38. The van der Waals surface area contributed by atoms with Gasteiger partial charge in [-0.2, -0.15) is 0 Å². The van der Waals surface area contributed by atoms with Crippen LogP contribution in [-0.2, 0) is 12.0 Å². The summed E-state index contributed by atoms with van der Waals surface area (Å²) in [6, 6.07) is 6.18. The third-order valence-electron chi connectivity index (χ3n) is 2.98. The molecule has 0 aliphatic rings. The number of nitrogens with one attached hydrogen (secondary N) is 2. The molecule has 0 unspecified atom stereocenters. The molecule has 0 saturated carbocycles. The highest BCUT2D eigenvalue weighted by molar-refractivity contribution is 7.09. The van der Waals surface area contributed by atoms with E-state index in [9.17, 15) is 0 Å². The van der Waals surface area contributed by atoms with Gasteiger partial charge in [-0.25, -0.2) is 9.97 Å². The van der Waals surface area contributed by atoms with Crippen LogP contribution in [0, 0.1) is 0 Å². The summed E-state index contributed by atoms with van der Waals surface area (Å²) in [7, 11) is 0. The Morgan fingerprint density at radius 3 is 2.43 bits per heavy atom. The second kappa shape index (κ2) is 6.89. The van der Waals surface area contributed by atoms with Gasteiger partial charge in [0.15, 0.2) is 0 Å². The van der Waals surface area contributed by atoms with E-state index in [1.165, 1.54) is 4.88 Å². The van der Waals surface area contributed by atoms with Crippen LogP contribution in [-0.4, -0.2) is 16.5 Å². The Balaban J connectivity index is 2.17. The highest BCUT2D eigenvalue weighted by Crippen LogP contribution is 2.23. The molecule has 2 rings (SSSR count). The summed E-state index contributed by atoms with van der Waals surface area (Å²) in [6.45, 7) is 10.3. The van der Waals surface area contributed by atoms with Crippen molar-refractivity contribution in [2.24, 2.45) is 0 Å². The minimum atomic E-state index is -0.0662. The van der Waals surface area contributed by atoms with E-state index in [4.69, 9.17) is 0 Å². The molecule has 4 nitrogen and oxygen atoms in total. The van der Waals surface area contributed by atoms with E-state index in [-0.39, 0.29) is 5.41 Å². The lowest BCUT2D eigenvalue weighted by Gasteiger charge is -2.19. The van der Waals surface area contributed by atoms with Crippen molar-refractivity contribution in [2.75, 3.05) is 17.2 Å². The Bertz CT molecular complexity index is 558. The monoisotopic (exact) mass is 304 g/mol. The van der Waals surface area contributed by atoms with Gasteiger partial charge in [0.1, 0.15) is 17.5 Å². The van der Waals surface area contributed by atoms with E-state index in [1.54, 1.807) is 11.3 Å². The molecule has 21 heavy (non-hydrogen) atoms. The topological polar surface area (TPSA) is 49.8 Å². The van der Waals surface area contributed by atoms with Crippen molar-refractivity contribution in [1.82, 2.24) is 9.97 Å². The molecule has 0 atom stereocenters. The van der Waals surface area contributed by atoms with Gasteiger partial charge in [-0.15, -0.1) is 11.3 Å². The molecule has 0 aliphatic carbocycles. The predicted molar refractivity (Wildman–Crippen MR) is 91.2 cm³/mol. The number of aromatic nitrogens is 2. The number of hydrogen-bond donors (Lipinski definition) is 2. The van der Waals surface area contributed by atoms with Crippen LogP contribution in [0.5, 0.6) is 0 Å². The summed E-state index contributed by atoms with van der Waals surface area (Å²) in [4.78, 5) is 10.6. The van der Waals surface area contributed by atoms with Crippen molar-refractivity contribution in [3.63, 3.8) is 0 Å². The zero-order valence-corrected chi connectivity index (χ0v) is 14.0. The molecule has 0 radical (unpaired) electrons. The Hall–Kier alpha value is -1.62. The van der Waals surface area contributed by atoms with E-state index in [0.717, 1.165) is 37.0 Å². The molecule has 2 heterocycles. The smallest absolute Gasteiger partial charge is 0.138 e. The summed E-state index contributed by atoms with van der Waals surface area (Å²) in [6.07, 6.45) is 1.08. The lowest BCUT2D eigenvalue weighted by molar-refractivity contribution is 0.546. The first-order valence-corrected chi connectivity index (χ1v) is 8.26. The Morgan fingerprint density at radius 2 is 1.86 bits per heavy atom. The predicted octanol–water partition coefficient (Wildman–Crippen LogP) is 4.27. The fourth-order valence-corrected chi connectivity index (χ4v) is 2.45. The molecule has 0 bridgehead atoms. The van der Waals surface area contributed by atoms with Crippen LogP contribution < -0.4 is 10.6 Å². The average Bonchev–Trinajstić information content (AvgIpc) is 2.95. The molecule has 2 aromatic heterocycles. The SMILES string of the molecule is CCCNc1cc(NCc2cccs2)nc(C(C)(C)C)n1. The Morgan fingerprint density at radius 1 is 1.14 bits per heavy atom. The van der Waals surface area contributed by atoms with E-state index >= 15 is 0 Å². The summed E-state index contributed by atoms with van der Waals surface area (Å²) < 4.78 is 0. The lowest BCUT2D eigenvalue weighted by atomic mass is 9.96. The number of hydrogen-bond acceptors (Lipinski definition) is 5. The largest absolute Gasteiger partial charge is 0.370 e. The average molecular weight is 304 g/mol. The highest BCUT2D eigenvalue weighted by Gasteiger charge is 2.19. The van der Waals surface area contributed by atoms with Crippen molar-refractivity contribution in [3.8, 4) is 0 Å². The highest BCUT2D eigenvalue weighted by atomic mass is 32.1. The fourth-order valence-electron chi connectivity index (χ4n) is 1.81. The van der Waals surface area contributed by atoms with Crippen LogP contribution in [0.1, 0.15) is 44.8 Å². The van der Waals surface area contributed by atoms with Crippen molar-refractivity contribution in [3.05, 3.63) is 34.3 Å². The van der Waals surface area contributed by atoms with Gasteiger partial charge in [0.2, 0.25) is 0 Å². The van der Waals surface area contributed by atoms with Gasteiger partial charge in [-0.3, -0.25) is 0 Å². The molecule has 2 N–H and O–H groups in total. The van der Waals surface area contributed by atoms with E-state index < -0.39 is 0 Å². The van der Waals surface area contributed by atoms with Gasteiger partial charge in [0.25, 0.3) is 0 Å². The molecular formula is C16H24N4S. The molecule has 0 saturated heterocycles. The van der Waals surface area contributed by atoms with Gasteiger partial charge in [0, 0.05) is 22.9 Å². The third-order valence-corrected chi connectivity index (χ3v) is 3.85. The molecule has 0 spiro atoms. The van der Waals surface area contributed by atoms with Gasteiger partial charge in [0.05, 0.1) is 6.54 Å². The molecular weight excluding hydrogens is 280 g/mol. The zero-order valence-electron chi connectivity index (χ0n) is 13.2. The van der Waals surface area contributed by atoms with Crippen LogP contribution in [0.4, 0.5) is 11.6 Å². The number of thiophene rings is 1. The maximum Gasteiger partial charge on any atom is 0.138 e. The molecule has 0 aromatic carbocycles. The first kappa shape index (κ1) is 15.8. The summed E-state index contributed by atoms with van der Waals surface area (Å²) in [5.41, 5.74) is -0.0662. The lowest BCUT2D eigenvalue weighted by Crippen LogP contribution is -2.18. The summed E-state index contributed by atoms with van der Waals surface area (Å²) in [5.74, 6) is 2.63. The fraction of sp³-hybridized carbons (Fsp3) is 0.500. The molecule has 0 amide bonds. The number of nitrogens with zero attached hydrogens (tertiary/aromatic N) is 2. The van der Waals surface area contributed by atoms with Crippen LogP contribution in [0.15, 0.2) is 23.6 Å². The van der Waals surface area contributed by atoms with Gasteiger partial charge in [-0.1, -0.05) is 33.8 Å². The van der Waals surface area contributed by atoms with Crippen molar-refractivity contribution in [1.29, 1.82) is 0 Å². The Labute approximate surface area is 131 Å². The molecule has 0 aliphatic heterocycles. The van der Waals surface area contributed by atoms with Gasteiger partial charge in [-0.05, 0) is 17.9 Å². The third kappa shape index (κ3) is 4.70. The van der Waals surface area contributed by atoms with Crippen molar-refractivity contribution in [2.45, 2.75) is 46.1 Å². The van der Waals surface area contributed by atoms with Gasteiger partial charge >= 0.3 is 0 Å². The molecule has 0 fully saturated rings. The maximum atomic E-state index is 4.65. The molecule has 2 aromatic rings. The summed E-state index contributed by atoms with van der Waals surface area (Å²) >= 11 is 1.75. The Kier molecular flexibility index (Phi) is 5.17. The first-order chi connectivity index (χ1) is 9.99. The van der Waals surface area contributed by atoms with E-state index in [1.807, 2.05) is 6.07 Å². The maximum absolute atomic E-state index is 4.65. The van der Waals surface area contributed by atoms with Crippen molar-refractivity contribution >= 4 is 23.0 Å². The second-order valence-electron chi connectivity index (χ2n) is 6.07. The van der Waals surface area contributed by atoms with E-state index in [0.29, 0.717) is 0 Å². The zero-order chi connectivity index (χ0) is 15.3. The molecule has 5 heteroatoms. The van der Waals surface area contributed by atoms with Crippen LogP contribution >= 0.6 is 11.3 Å². The number of rotatable bonds is 6. The standard InChI is InChI=1S/C16H24N4S/c1-5-8-17-13-10-14(18-11-12-7-6-9-21-12)20-15(19-13)16(2,3)4/h6-7,9-10H,5,8,11H2,1-4H3,(H2,17,18,19,20). The van der Waals surface area contributed by atoms with Crippen LogP contribution in [0.3, 0.4) is 0 Å². The minimum Gasteiger partial charge on any atom is -0.370 e. The van der Waals surface area contributed by atoms with Gasteiger partial charge < -0.3 is 10.6 Å². The molecule has 114 valence electrons. The quantitative estimate of drug-likeness (QED) is 0.837. The number of anilines is 2. The van der Waals surface area contributed by atoms with Crippen LogP contribution in [0.2, 0.25) is 0 Å². The summed E-state index contributed by atoms with van der Waals surface area (Å²) in [5, 5.41) is 8.84. The second-order valence-corrected chi connectivity index (χ2v) is 7.10. The van der Waals surface area contributed by atoms with Crippen molar-refractivity contribution < 1.29 is 0 Å². The van der Waals surface area contributed by atoms with E-state index in [2.05, 4.69) is 65.8 Å².